The number of ether oxygens (including phenoxy) is 2. The zero-order valence-corrected chi connectivity index (χ0v) is 10.5. The third-order valence-corrected chi connectivity index (χ3v) is 2.45. The minimum Gasteiger partial charge on any atom is -0.492 e. The Kier molecular flexibility index (Phi) is 6.23. The van der Waals surface area contributed by atoms with Gasteiger partial charge < -0.3 is 14.8 Å². The number of nitrogens with one attached hydrogen (secondary N) is 1. The summed E-state index contributed by atoms with van der Waals surface area (Å²) in [7, 11) is 3.58. The lowest BCUT2D eigenvalue weighted by atomic mass is 10.2. The number of para-hydroxylation sites is 1. The molecule has 1 rings (SSSR count). The number of methoxy groups -OCH3 is 1. The molecule has 1 N–H and O–H groups in total. The second-order valence-corrected chi connectivity index (χ2v) is 3.86. The first-order valence-electron chi connectivity index (χ1n) is 5.33. The molecule has 1 aromatic rings. The van der Waals surface area contributed by atoms with Crippen LogP contribution in [0.2, 0.25) is 5.02 Å². The van der Waals surface area contributed by atoms with Gasteiger partial charge in [0.15, 0.2) is 0 Å². The van der Waals surface area contributed by atoms with E-state index in [4.69, 9.17) is 21.1 Å². The average molecular weight is 244 g/mol. The molecule has 0 spiro atoms. The van der Waals surface area contributed by atoms with Crippen LogP contribution in [0.3, 0.4) is 0 Å². The van der Waals surface area contributed by atoms with Crippen LogP contribution in [0.1, 0.15) is 12.0 Å². The molecule has 0 heterocycles. The van der Waals surface area contributed by atoms with E-state index in [-0.39, 0.29) is 0 Å². The first-order valence-corrected chi connectivity index (χ1v) is 5.71. The molecule has 0 aliphatic rings. The maximum atomic E-state index is 6.09. The molecule has 3 nitrogen and oxygen atoms in total. The van der Waals surface area contributed by atoms with Gasteiger partial charge >= 0.3 is 0 Å². The van der Waals surface area contributed by atoms with Crippen molar-refractivity contribution in [1.82, 2.24) is 5.32 Å². The van der Waals surface area contributed by atoms with E-state index < -0.39 is 0 Å². The summed E-state index contributed by atoms with van der Waals surface area (Å²) >= 11 is 6.09. The van der Waals surface area contributed by atoms with Crippen molar-refractivity contribution in [2.45, 2.75) is 13.0 Å². The molecule has 0 atom stereocenters. The molecular weight excluding hydrogens is 226 g/mol. The minimum absolute atomic E-state index is 0.619. The highest BCUT2D eigenvalue weighted by Crippen LogP contribution is 2.28. The Bertz CT molecular complexity index is 318. The summed E-state index contributed by atoms with van der Waals surface area (Å²) in [4.78, 5) is 0. The highest BCUT2D eigenvalue weighted by molar-refractivity contribution is 6.32. The van der Waals surface area contributed by atoms with Crippen molar-refractivity contribution in [3.05, 3.63) is 28.8 Å². The van der Waals surface area contributed by atoms with Gasteiger partial charge in [-0.15, -0.1) is 0 Å². The van der Waals surface area contributed by atoms with Crippen molar-refractivity contribution in [2.75, 3.05) is 27.4 Å². The Morgan fingerprint density at radius 2 is 2.12 bits per heavy atom. The van der Waals surface area contributed by atoms with E-state index in [9.17, 15) is 0 Å². The predicted octanol–water partition coefficient (Wildman–Crippen LogP) is 2.47. The second-order valence-electron chi connectivity index (χ2n) is 3.45. The van der Waals surface area contributed by atoms with E-state index in [1.165, 1.54) is 0 Å². The highest BCUT2D eigenvalue weighted by atomic mass is 35.5. The zero-order chi connectivity index (χ0) is 11.8. The minimum atomic E-state index is 0.619. The van der Waals surface area contributed by atoms with Crippen LogP contribution in [0.15, 0.2) is 18.2 Å². The summed E-state index contributed by atoms with van der Waals surface area (Å²) in [5.74, 6) is 0.773. The maximum Gasteiger partial charge on any atom is 0.142 e. The Hall–Kier alpha value is -0.770. The van der Waals surface area contributed by atoms with Crippen molar-refractivity contribution in [2.24, 2.45) is 0 Å². The maximum absolute atomic E-state index is 6.09. The van der Waals surface area contributed by atoms with Gasteiger partial charge in [0.05, 0.1) is 11.6 Å². The molecule has 0 aromatic heterocycles. The largest absolute Gasteiger partial charge is 0.492 e. The van der Waals surface area contributed by atoms with Gasteiger partial charge in [0.1, 0.15) is 5.75 Å². The van der Waals surface area contributed by atoms with Gasteiger partial charge in [-0.05, 0) is 13.1 Å². The Morgan fingerprint density at radius 3 is 2.81 bits per heavy atom. The van der Waals surface area contributed by atoms with Crippen molar-refractivity contribution >= 4 is 11.6 Å². The molecule has 1 aromatic carbocycles. The number of rotatable bonds is 7. The van der Waals surface area contributed by atoms with E-state index in [2.05, 4.69) is 5.32 Å². The molecule has 4 heteroatoms. The molecule has 0 fully saturated rings. The van der Waals surface area contributed by atoms with Crippen molar-refractivity contribution in [3.8, 4) is 5.75 Å². The first-order chi connectivity index (χ1) is 7.79. The van der Waals surface area contributed by atoms with Gasteiger partial charge in [0.25, 0.3) is 0 Å². The lowest BCUT2D eigenvalue weighted by molar-refractivity contribution is 0.172. The molecule has 0 saturated heterocycles. The number of halogens is 1. The van der Waals surface area contributed by atoms with Gasteiger partial charge in [0, 0.05) is 32.2 Å². The van der Waals surface area contributed by atoms with Gasteiger partial charge in [-0.2, -0.15) is 0 Å². The Balaban J connectivity index is 2.61. The van der Waals surface area contributed by atoms with Gasteiger partial charge in [0.2, 0.25) is 0 Å². The first kappa shape index (κ1) is 13.3. The third-order valence-electron chi connectivity index (χ3n) is 2.15. The van der Waals surface area contributed by atoms with E-state index in [0.29, 0.717) is 18.2 Å². The van der Waals surface area contributed by atoms with Crippen LogP contribution in [-0.2, 0) is 11.3 Å². The summed E-state index contributed by atoms with van der Waals surface area (Å²) in [6.07, 6.45) is 0.862. The van der Waals surface area contributed by atoms with Gasteiger partial charge in [-0.3, -0.25) is 0 Å². The zero-order valence-electron chi connectivity index (χ0n) is 9.75. The highest BCUT2D eigenvalue weighted by Gasteiger charge is 2.07. The molecule has 0 radical (unpaired) electrons. The molecule has 0 saturated carbocycles. The van der Waals surface area contributed by atoms with Crippen LogP contribution in [0, 0.1) is 0 Å². The fourth-order valence-corrected chi connectivity index (χ4v) is 1.67. The van der Waals surface area contributed by atoms with Crippen LogP contribution in [0.25, 0.3) is 0 Å². The van der Waals surface area contributed by atoms with Crippen LogP contribution in [0.5, 0.6) is 5.75 Å². The SMILES string of the molecule is CNCc1cccc(Cl)c1OCCCOC. The summed E-state index contributed by atoms with van der Waals surface area (Å²) in [5.41, 5.74) is 1.08. The standard InChI is InChI=1S/C12H18ClNO2/c1-14-9-10-5-3-6-11(13)12(10)16-8-4-7-15-2/h3,5-6,14H,4,7-9H2,1-2H3. The van der Waals surface area contributed by atoms with E-state index in [1.54, 1.807) is 7.11 Å². The monoisotopic (exact) mass is 243 g/mol. The summed E-state index contributed by atoms with van der Waals surface area (Å²) < 4.78 is 10.6. The predicted molar refractivity (Wildman–Crippen MR) is 66.2 cm³/mol. The summed E-state index contributed by atoms with van der Waals surface area (Å²) in [5, 5.41) is 3.75. The van der Waals surface area contributed by atoms with Crippen molar-refractivity contribution in [3.63, 3.8) is 0 Å². The van der Waals surface area contributed by atoms with Gasteiger partial charge in [-0.1, -0.05) is 23.7 Å². The molecule has 0 unspecified atom stereocenters. The third kappa shape index (κ3) is 4.00. The fourth-order valence-electron chi connectivity index (χ4n) is 1.42. The van der Waals surface area contributed by atoms with Crippen LogP contribution >= 0.6 is 11.6 Å². The van der Waals surface area contributed by atoms with Crippen LogP contribution in [0.4, 0.5) is 0 Å². The smallest absolute Gasteiger partial charge is 0.142 e. The Morgan fingerprint density at radius 1 is 1.31 bits per heavy atom. The Labute approximate surface area is 102 Å². The number of benzene rings is 1. The molecule has 0 amide bonds. The van der Waals surface area contributed by atoms with E-state index in [0.717, 1.165) is 24.3 Å². The summed E-state index contributed by atoms with van der Waals surface area (Å²) in [6, 6.07) is 5.78. The fraction of sp³-hybridized carbons (Fsp3) is 0.500. The summed E-state index contributed by atoms with van der Waals surface area (Å²) in [6.45, 7) is 2.07. The average Bonchev–Trinajstić information content (AvgIpc) is 2.28. The number of hydrogen-bond donors (Lipinski definition) is 1. The molecular formula is C12H18ClNO2. The lowest BCUT2D eigenvalue weighted by Gasteiger charge is -2.12. The quantitative estimate of drug-likeness (QED) is 0.747. The molecule has 0 aliphatic carbocycles. The molecule has 90 valence electrons. The lowest BCUT2D eigenvalue weighted by Crippen LogP contribution is -2.09. The van der Waals surface area contributed by atoms with Crippen LogP contribution < -0.4 is 10.1 Å². The molecule has 16 heavy (non-hydrogen) atoms. The van der Waals surface area contributed by atoms with Crippen LogP contribution in [-0.4, -0.2) is 27.4 Å². The molecule has 0 aliphatic heterocycles. The van der Waals surface area contributed by atoms with Crippen molar-refractivity contribution in [1.29, 1.82) is 0 Å². The number of hydrogen-bond acceptors (Lipinski definition) is 3. The van der Waals surface area contributed by atoms with E-state index >= 15 is 0 Å². The second kappa shape index (κ2) is 7.49. The normalized spacial score (nSPS) is 10.4. The topological polar surface area (TPSA) is 30.5 Å². The molecule has 0 bridgehead atoms. The van der Waals surface area contributed by atoms with E-state index in [1.807, 2.05) is 25.2 Å². The van der Waals surface area contributed by atoms with Gasteiger partial charge in [-0.25, -0.2) is 0 Å². The van der Waals surface area contributed by atoms with Crippen molar-refractivity contribution < 1.29 is 9.47 Å².